The van der Waals surface area contributed by atoms with E-state index in [9.17, 15) is 4.79 Å². The minimum Gasteiger partial charge on any atom is -0.361 e. The number of carbonyl (C=O) groups is 1. The lowest BCUT2D eigenvalue weighted by atomic mass is 10.1. The first-order valence-corrected chi connectivity index (χ1v) is 6.89. The number of carbonyl (C=O) groups excluding carboxylic acids is 1. The molecule has 2 aromatic rings. The van der Waals surface area contributed by atoms with Gasteiger partial charge in [0.2, 0.25) is 5.91 Å². The van der Waals surface area contributed by atoms with Crippen LogP contribution in [-0.2, 0) is 11.2 Å². The van der Waals surface area contributed by atoms with Gasteiger partial charge in [-0.05, 0) is 38.5 Å². The molecule has 0 saturated carbocycles. The van der Waals surface area contributed by atoms with Gasteiger partial charge in [0, 0.05) is 17.7 Å². The fourth-order valence-electron chi connectivity index (χ4n) is 1.89. The molecule has 4 nitrogen and oxygen atoms in total. The lowest BCUT2D eigenvalue weighted by molar-refractivity contribution is -0.116. The van der Waals surface area contributed by atoms with Crippen molar-refractivity contribution < 1.29 is 9.32 Å². The molecule has 2 rings (SSSR count). The number of benzene rings is 1. The summed E-state index contributed by atoms with van der Waals surface area (Å²) in [6, 6.07) is 4.98. The number of halogens is 2. The van der Waals surface area contributed by atoms with Crippen molar-refractivity contribution in [1.29, 1.82) is 0 Å². The van der Waals surface area contributed by atoms with Crippen LogP contribution in [0, 0.1) is 13.8 Å². The Morgan fingerprint density at radius 1 is 1.30 bits per heavy atom. The first kappa shape index (κ1) is 14.9. The topological polar surface area (TPSA) is 55.1 Å². The minimum atomic E-state index is -0.0941. The van der Waals surface area contributed by atoms with Gasteiger partial charge in [0.05, 0.1) is 15.7 Å². The highest BCUT2D eigenvalue weighted by Crippen LogP contribution is 2.25. The van der Waals surface area contributed by atoms with Crippen molar-refractivity contribution in [2.24, 2.45) is 0 Å². The number of nitrogens with zero attached hydrogens (tertiary/aromatic N) is 1. The van der Waals surface area contributed by atoms with Gasteiger partial charge >= 0.3 is 0 Å². The van der Waals surface area contributed by atoms with Crippen molar-refractivity contribution >= 4 is 34.8 Å². The summed E-state index contributed by atoms with van der Waals surface area (Å²) >= 11 is 11.7. The predicted molar refractivity (Wildman–Crippen MR) is 79.4 cm³/mol. The molecule has 0 bridgehead atoms. The Morgan fingerprint density at radius 3 is 2.65 bits per heavy atom. The zero-order valence-electron chi connectivity index (χ0n) is 11.2. The van der Waals surface area contributed by atoms with Crippen LogP contribution in [0.3, 0.4) is 0 Å². The summed E-state index contributed by atoms with van der Waals surface area (Å²) in [5.41, 5.74) is 2.43. The molecule has 0 radical (unpaired) electrons. The maximum Gasteiger partial charge on any atom is 0.224 e. The third-order valence-electron chi connectivity index (χ3n) is 2.99. The highest BCUT2D eigenvalue weighted by Gasteiger charge is 2.11. The Labute approximate surface area is 127 Å². The van der Waals surface area contributed by atoms with Crippen molar-refractivity contribution in [2.45, 2.75) is 26.7 Å². The van der Waals surface area contributed by atoms with Crippen LogP contribution >= 0.6 is 23.2 Å². The molecule has 1 heterocycles. The second-order valence-electron chi connectivity index (χ2n) is 4.48. The molecule has 0 unspecified atom stereocenters. The molecule has 1 amide bonds. The summed E-state index contributed by atoms with van der Waals surface area (Å²) in [5, 5.41) is 7.51. The van der Waals surface area contributed by atoms with Crippen LogP contribution in [0.5, 0.6) is 0 Å². The van der Waals surface area contributed by atoms with E-state index in [1.807, 2.05) is 13.8 Å². The quantitative estimate of drug-likeness (QED) is 0.921. The van der Waals surface area contributed by atoms with Gasteiger partial charge in [-0.25, -0.2) is 0 Å². The van der Waals surface area contributed by atoms with Crippen LogP contribution in [0.2, 0.25) is 10.0 Å². The number of hydrogen-bond acceptors (Lipinski definition) is 3. The van der Waals surface area contributed by atoms with Gasteiger partial charge in [-0.2, -0.15) is 0 Å². The van der Waals surface area contributed by atoms with Crippen molar-refractivity contribution in [3.8, 4) is 0 Å². The first-order valence-electron chi connectivity index (χ1n) is 6.14. The zero-order chi connectivity index (χ0) is 14.7. The number of hydrogen-bond donors (Lipinski definition) is 1. The average Bonchev–Trinajstić information content (AvgIpc) is 2.71. The Bertz CT molecular complexity index is 619. The van der Waals surface area contributed by atoms with Crippen LogP contribution in [-0.4, -0.2) is 11.1 Å². The second-order valence-corrected chi connectivity index (χ2v) is 5.29. The lowest BCUT2D eigenvalue weighted by Crippen LogP contribution is -2.12. The number of anilines is 1. The maximum absolute atomic E-state index is 11.9. The molecule has 106 valence electrons. The van der Waals surface area contributed by atoms with E-state index in [2.05, 4.69) is 10.5 Å². The molecule has 20 heavy (non-hydrogen) atoms. The van der Waals surface area contributed by atoms with Crippen LogP contribution in [0.15, 0.2) is 22.7 Å². The highest BCUT2D eigenvalue weighted by molar-refractivity contribution is 6.42. The van der Waals surface area contributed by atoms with E-state index in [-0.39, 0.29) is 5.91 Å². The zero-order valence-corrected chi connectivity index (χ0v) is 12.7. The van der Waals surface area contributed by atoms with E-state index in [4.69, 9.17) is 27.7 Å². The summed E-state index contributed by atoms with van der Waals surface area (Å²) < 4.78 is 5.06. The minimum absolute atomic E-state index is 0.0941. The van der Waals surface area contributed by atoms with E-state index < -0.39 is 0 Å². The first-order chi connectivity index (χ1) is 9.47. The Kier molecular flexibility index (Phi) is 4.68. The van der Waals surface area contributed by atoms with Crippen LogP contribution < -0.4 is 5.32 Å². The number of amides is 1. The molecule has 6 heteroatoms. The largest absolute Gasteiger partial charge is 0.361 e. The lowest BCUT2D eigenvalue weighted by Gasteiger charge is -2.06. The number of rotatable bonds is 4. The average molecular weight is 313 g/mol. The smallest absolute Gasteiger partial charge is 0.224 e. The van der Waals surface area contributed by atoms with Gasteiger partial charge in [-0.3, -0.25) is 4.79 Å². The Hall–Kier alpha value is -1.52. The van der Waals surface area contributed by atoms with Crippen LogP contribution in [0.1, 0.15) is 23.4 Å². The molecule has 1 aromatic heterocycles. The van der Waals surface area contributed by atoms with Crippen LogP contribution in [0.4, 0.5) is 5.69 Å². The Balaban J connectivity index is 1.94. The molecule has 1 aromatic carbocycles. The predicted octanol–water partition coefficient (Wildman–Crippen LogP) is 4.17. The molecule has 0 aliphatic carbocycles. The molecular formula is C14H14Cl2N2O2. The monoisotopic (exact) mass is 312 g/mol. The normalized spacial score (nSPS) is 10.6. The van der Waals surface area contributed by atoms with Crippen LogP contribution in [0.25, 0.3) is 0 Å². The summed E-state index contributed by atoms with van der Waals surface area (Å²) in [7, 11) is 0. The highest BCUT2D eigenvalue weighted by atomic mass is 35.5. The Morgan fingerprint density at radius 2 is 2.05 bits per heavy atom. The SMILES string of the molecule is Cc1noc(C)c1CCC(=O)Nc1ccc(Cl)c(Cl)c1. The number of aryl methyl sites for hydroxylation is 2. The van der Waals surface area contributed by atoms with E-state index in [0.29, 0.717) is 28.6 Å². The molecule has 0 aliphatic heterocycles. The standard InChI is InChI=1S/C14H14Cl2N2O2/c1-8-11(9(2)20-18-8)4-6-14(19)17-10-3-5-12(15)13(16)7-10/h3,5,7H,4,6H2,1-2H3,(H,17,19). The molecule has 0 spiro atoms. The van der Waals surface area contributed by atoms with Crippen molar-refractivity contribution in [2.75, 3.05) is 5.32 Å². The van der Waals surface area contributed by atoms with E-state index in [0.717, 1.165) is 17.0 Å². The fourth-order valence-corrected chi connectivity index (χ4v) is 2.19. The third kappa shape index (κ3) is 3.52. The molecular weight excluding hydrogens is 299 g/mol. The maximum atomic E-state index is 11.9. The summed E-state index contributed by atoms with van der Waals surface area (Å²) in [6.45, 7) is 3.70. The van der Waals surface area contributed by atoms with Crippen molar-refractivity contribution in [1.82, 2.24) is 5.16 Å². The summed E-state index contributed by atoms with van der Waals surface area (Å²) in [6.07, 6.45) is 0.942. The third-order valence-corrected chi connectivity index (χ3v) is 3.73. The van der Waals surface area contributed by atoms with Gasteiger partial charge in [0.25, 0.3) is 0 Å². The summed E-state index contributed by atoms with van der Waals surface area (Å²) in [4.78, 5) is 11.9. The summed E-state index contributed by atoms with van der Waals surface area (Å²) in [5.74, 6) is 0.660. The molecule has 0 fully saturated rings. The van der Waals surface area contributed by atoms with Gasteiger partial charge in [0.15, 0.2) is 0 Å². The van der Waals surface area contributed by atoms with Gasteiger partial charge in [-0.15, -0.1) is 0 Å². The van der Waals surface area contributed by atoms with E-state index in [1.165, 1.54) is 0 Å². The van der Waals surface area contributed by atoms with Gasteiger partial charge in [0.1, 0.15) is 5.76 Å². The number of nitrogens with one attached hydrogen (secondary N) is 1. The van der Waals surface area contributed by atoms with Crippen molar-refractivity contribution in [3.63, 3.8) is 0 Å². The van der Waals surface area contributed by atoms with Crippen molar-refractivity contribution in [3.05, 3.63) is 45.3 Å². The fraction of sp³-hybridized carbons (Fsp3) is 0.286. The van der Waals surface area contributed by atoms with Gasteiger partial charge < -0.3 is 9.84 Å². The van der Waals surface area contributed by atoms with E-state index >= 15 is 0 Å². The molecule has 0 aliphatic rings. The molecule has 1 N–H and O–H groups in total. The van der Waals surface area contributed by atoms with Gasteiger partial charge in [-0.1, -0.05) is 28.4 Å². The number of aromatic nitrogens is 1. The van der Waals surface area contributed by atoms with E-state index in [1.54, 1.807) is 18.2 Å². The molecule has 0 saturated heterocycles. The molecule has 0 atom stereocenters. The second kappa shape index (κ2) is 6.29.